The number of aromatic nitrogens is 2. The van der Waals surface area contributed by atoms with Crippen LogP contribution in [0.15, 0.2) is 52.4 Å². The molecule has 0 unspecified atom stereocenters. The summed E-state index contributed by atoms with van der Waals surface area (Å²) in [6, 6.07) is 13.9. The highest BCUT2D eigenvalue weighted by atomic mass is 32.1. The predicted molar refractivity (Wildman–Crippen MR) is 96.4 cm³/mol. The monoisotopic (exact) mass is 353 g/mol. The maximum absolute atomic E-state index is 12.8. The molecule has 3 aromatic rings. The molecule has 0 aliphatic carbocycles. The highest BCUT2D eigenvalue weighted by molar-refractivity contribution is 7.13. The summed E-state index contributed by atoms with van der Waals surface area (Å²) < 4.78 is 5.40. The maximum Gasteiger partial charge on any atom is 0.233 e. The summed E-state index contributed by atoms with van der Waals surface area (Å²) in [5.74, 6) is 1.50. The summed E-state index contributed by atoms with van der Waals surface area (Å²) in [6.45, 7) is 3.35. The van der Waals surface area contributed by atoms with E-state index in [9.17, 15) is 4.79 Å². The third-order valence-electron chi connectivity index (χ3n) is 4.63. The van der Waals surface area contributed by atoms with E-state index in [-0.39, 0.29) is 17.7 Å². The van der Waals surface area contributed by atoms with Crippen molar-refractivity contribution in [1.82, 2.24) is 15.0 Å². The van der Waals surface area contributed by atoms with Gasteiger partial charge in [0, 0.05) is 13.1 Å². The molecule has 0 saturated carbocycles. The van der Waals surface area contributed by atoms with Crippen LogP contribution in [-0.4, -0.2) is 34.0 Å². The fourth-order valence-electron chi connectivity index (χ4n) is 3.18. The van der Waals surface area contributed by atoms with E-state index in [1.54, 1.807) is 11.3 Å². The number of hydrogen-bond acceptors (Lipinski definition) is 5. The second-order valence-corrected chi connectivity index (χ2v) is 7.19. The van der Waals surface area contributed by atoms with Crippen molar-refractivity contribution in [3.8, 4) is 10.7 Å². The average molecular weight is 353 g/mol. The van der Waals surface area contributed by atoms with Crippen molar-refractivity contribution in [1.29, 1.82) is 0 Å². The van der Waals surface area contributed by atoms with Crippen LogP contribution in [0.25, 0.3) is 10.7 Å². The SMILES string of the molecule is CC[C@@H](C(=O)N1CC(c2nc(-c3cccs3)no2)C1)c1ccccc1. The molecule has 4 rings (SSSR count). The van der Waals surface area contributed by atoms with Crippen molar-refractivity contribution < 1.29 is 9.32 Å². The van der Waals surface area contributed by atoms with Gasteiger partial charge in [-0.2, -0.15) is 4.98 Å². The molecule has 0 radical (unpaired) electrons. The molecule has 3 heterocycles. The van der Waals surface area contributed by atoms with E-state index >= 15 is 0 Å². The molecule has 2 aromatic heterocycles. The summed E-state index contributed by atoms with van der Waals surface area (Å²) >= 11 is 1.59. The number of rotatable bonds is 5. The van der Waals surface area contributed by atoms with Gasteiger partial charge >= 0.3 is 0 Å². The number of carbonyl (C=O) groups excluding carboxylic acids is 1. The molecule has 1 amide bonds. The summed E-state index contributed by atoms with van der Waals surface area (Å²) in [5.41, 5.74) is 1.08. The standard InChI is InChI=1S/C19H19N3O2S/c1-2-15(13-7-4-3-5-8-13)19(23)22-11-14(12-22)18-20-17(21-24-18)16-9-6-10-25-16/h3-10,14-15H,2,11-12H2,1H3/t15-/m1/s1. The third kappa shape index (κ3) is 3.09. The Bertz CT molecular complexity index is 839. The molecule has 0 bridgehead atoms. The highest BCUT2D eigenvalue weighted by Crippen LogP contribution is 2.32. The zero-order valence-corrected chi connectivity index (χ0v) is 14.8. The largest absolute Gasteiger partial charge is 0.340 e. The predicted octanol–water partition coefficient (Wildman–Crippen LogP) is 3.92. The lowest BCUT2D eigenvalue weighted by molar-refractivity contribution is -0.137. The number of thiophene rings is 1. The number of amides is 1. The fourth-order valence-corrected chi connectivity index (χ4v) is 3.83. The molecule has 25 heavy (non-hydrogen) atoms. The third-order valence-corrected chi connectivity index (χ3v) is 5.50. The van der Waals surface area contributed by atoms with Crippen molar-refractivity contribution in [2.45, 2.75) is 25.2 Å². The average Bonchev–Trinajstić information content (AvgIpc) is 3.27. The van der Waals surface area contributed by atoms with E-state index in [2.05, 4.69) is 17.1 Å². The van der Waals surface area contributed by atoms with Gasteiger partial charge in [-0.3, -0.25) is 4.79 Å². The van der Waals surface area contributed by atoms with Gasteiger partial charge in [-0.15, -0.1) is 11.3 Å². The molecule has 128 valence electrons. The number of hydrogen-bond donors (Lipinski definition) is 0. The molecular formula is C19H19N3O2S. The molecule has 1 saturated heterocycles. The molecular weight excluding hydrogens is 334 g/mol. The first-order valence-corrected chi connectivity index (χ1v) is 9.35. The second-order valence-electron chi connectivity index (χ2n) is 6.25. The van der Waals surface area contributed by atoms with Crippen LogP contribution < -0.4 is 0 Å². The summed E-state index contributed by atoms with van der Waals surface area (Å²) in [6.07, 6.45) is 0.799. The van der Waals surface area contributed by atoms with Gasteiger partial charge in [-0.1, -0.05) is 48.5 Å². The fraction of sp³-hybridized carbons (Fsp3) is 0.316. The summed E-state index contributed by atoms with van der Waals surface area (Å²) in [5, 5.41) is 6.04. The molecule has 1 aliphatic heterocycles. The lowest BCUT2D eigenvalue weighted by atomic mass is 9.91. The van der Waals surface area contributed by atoms with Crippen molar-refractivity contribution in [3.63, 3.8) is 0 Å². The van der Waals surface area contributed by atoms with E-state index in [0.29, 0.717) is 24.8 Å². The molecule has 6 heteroatoms. The van der Waals surface area contributed by atoms with Gasteiger partial charge in [0.1, 0.15) is 0 Å². The zero-order valence-electron chi connectivity index (χ0n) is 14.0. The minimum absolute atomic E-state index is 0.0773. The van der Waals surface area contributed by atoms with E-state index < -0.39 is 0 Å². The van der Waals surface area contributed by atoms with Crippen LogP contribution in [0.1, 0.15) is 36.6 Å². The normalized spacial score (nSPS) is 15.8. The van der Waals surface area contributed by atoms with E-state index in [1.165, 1.54) is 0 Å². The Labute approximate surface area is 150 Å². The van der Waals surface area contributed by atoms with Crippen LogP contribution in [0.3, 0.4) is 0 Å². The van der Waals surface area contributed by atoms with Crippen molar-refractivity contribution >= 4 is 17.2 Å². The van der Waals surface area contributed by atoms with E-state index in [1.807, 2.05) is 52.7 Å². The lowest BCUT2D eigenvalue weighted by Crippen LogP contribution is -2.50. The van der Waals surface area contributed by atoms with Crippen molar-refractivity contribution in [2.75, 3.05) is 13.1 Å². The van der Waals surface area contributed by atoms with Crippen LogP contribution in [0.4, 0.5) is 0 Å². The van der Waals surface area contributed by atoms with Crippen LogP contribution >= 0.6 is 11.3 Å². The first-order chi connectivity index (χ1) is 12.3. The maximum atomic E-state index is 12.8. The van der Waals surface area contributed by atoms with Crippen molar-refractivity contribution in [3.05, 3.63) is 59.3 Å². The Hall–Kier alpha value is -2.47. The topological polar surface area (TPSA) is 59.2 Å². The number of nitrogens with zero attached hydrogens (tertiary/aromatic N) is 3. The Morgan fingerprint density at radius 3 is 2.76 bits per heavy atom. The minimum Gasteiger partial charge on any atom is -0.340 e. The molecule has 0 spiro atoms. The summed E-state index contributed by atoms with van der Waals surface area (Å²) in [7, 11) is 0. The molecule has 0 N–H and O–H groups in total. The first-order valence-electron chi connectivity index (χ1n) is 8.47. The first kappa shape index (κ1) is 16.0. The van der Waals surface area contributed by atoms with Crippen molar-refractivity contribution in [2.24, 2.45) is 0 Å². The Kier molecular flexibility index (Phi) is 4.36. The minimum atomic E-state index is -0.0773. The molecule has 1 fully saturated rings. The van der Waals surface area contributed by atoms with Gasteiger partial charge in [0.2, 0.25) is 17.6 Å². The number of benzene rings is 1. The van der Waals surface area contributed by atoms with Gasteiger partial charge < -0.3 is 9.42 Å². The number of likely N-dealkylation sites (tertiary alicyclic amines) is 1. The lowest BCUT2D eigenvalue weighted by Gasteiger charge is -2.39. The quantitative estimate of drug-likeness (QED) is 0.697. The molecule has 1 atom stereocenters. The zero-order chi connectivity index (χ0) is 17.2. The van der Waals surface area contributed by atoms with Gasteiger partial charge in [-0.05, 0) is 23.4 Å². The molecule has 1 aromatic carbocycles. The molecule has 1 aliphatic rings. The summed E-state index contributed by atoms with van der Waals surface area (Å²) in [4.78, 5) is 20.2. The van der Waals surface area contributed by atoms with E-state index in [4.69, 9.17) is 4.52 Å². The van der Waals surface area contributed by atoms with Gasteiger partial charge in [0.05, 0.1) is 16.7 Å². The second kappa shape index (κ2) is 6.80. The van der Waals surface area contributed by atoms with E-state index in [0.717, 1.165) is 16.9 Å². The van der Waals surface area contributed by atoms with Crippen LogP contribution in [0.5, 0.6) is 0 Å². The Morgan fingerprint density at radius 1 is 1.28 bits per heavy atom. The Balaban J connectivity index is 1.41. The van der Waals surface area contributed by atoms with Gasteiger partial charge in [0.15, 0.2) is 0 Å². The van der Waals surface area contributed by atoms with Gasteiger partial charge in [0.25, 0.3) is 0 Å². The molecule has 5 nitrogen and oxygen atoms in total. The van der Waals surface area contributed by atoms with Crippen LogP contribution in [-0.2, 0) is 4.79 Å². The van der Waals surface area contributed by atoms with Crippen LogP contribution in [0.2, 0.25) is 0 Å². The highest BCUT2D eigenvalue weighted by Gasteiger charge is 2.38. The number of carbonyl (C=O) groups is 1. The van der Waals surface area contributed by atoms with Gasteiger partial charge in [-0.25, -0.2) is 0 Å². The van der Waals surface area contributed by atoms with Crippen LogP contribution in [0, 0.1) is 0 Å². The Morgan fingerprint density at radius 2 is 2.08 bits per heavy atom. The smallest absolute Gasteiger partial charge is 0.233 e.